The molecule has 8 nitrogen and oxygen atoms in total. The minimum Gasteiger partial charge on any atom is -0.290 e. The van der Waals surface area contributed by atoms with E-state index in [4.69, 9.17) is 11.6 Å². The largest absolute Gasteiger partial charge is 0.329 e. The number of aromatic amines is 1. The van der Waals surface area contributed by atoms with Crippen molar-refractivity contribution in [3.05, 3.63) is 69.5 Å². The molecule has 4 aromatic rings. The van der Waals surface area contributed by atoms with Crippen LogP contribution < -0.4 is 5.69 Å². The topological polar surface area (TPSA) is 94.3 Å². The lowest BCUT2D eigenvalue weighted by Crippen LogP contribution is -2.25. The zero-order valence-electron chi connectivity index (χ0n) is 19.0. The molecule has 3 aromatic heterocycles. The zero-order valence-corrected chi connectivity index (χ0v) is 19.7. The molecule has 33 heavy (non-hydrogen) atoms. The number of pyridine rings is 1. The Morgan fingerprint density at radius 3 is 2.48 bits per heavy atom. The van der Waals surface area contributed by atoms with Crippen LogP contribution in [0.2, 0.25) is 5.15 Å². The fraction of sp³-hybridized carbons (Fsp3) is 0.375. The highest BCUT2D eigenvalue weighted by Gasteiger charge is 2.18. The van der Waals surface area contributed by atoms with E-state index in [1.807, 2.05) is 49.5 Å². The Balaban J connectivity index is 1.63. The highest BCUT2D eigenvalue weighted by atomic mass is 35.5. The molecule has 0 aliphatic heterocycles. The molecule has 0 radical (unpaired) electrons. The van der Waals surface area contributed by atoms with Crippen molar-refractivity contribution in [1.29, 1.82) is 0 Å². The van der Waals surface area contributed by atoms with Gasteiger partial charge in [0, 0.05) is 23.9 Å². The molecule has 4 rings (SSSR count). The van der Waals surface area contributed by atoms with E-state index >= 15 is 0 Å². The van der Waals surface area contributed by atoms with Crippen molar-refractivity contribution in [3.8, 4) is 22.6 Å². The SMILES string of the molecule is CCCCCc1c(Cl)n(CCC)c(=O)n1Cc1ccc(-c2ccccc2-c2nn[nH]n2)nc1. The first-order valence-corrected chi connectivity index (χ1v) is 11.8. The van der Waals surface area contributed by atoms with E-state index in [1.165, 1.54) is 0 Å². The molecule has 0 aliphatic carbocycles. The van der Waals surface area contributed by atoms with Crippen molar-refractivity contribution in [2.75, 3.05) is 0 Å². The smallest absolute Gasteiger partial charge is 0.290 e. The molecule has 0 fully saturated rings. The van der Waals surface area contributed by atoms with Gasteiger partial charge >= 0.3 is 5.69 Å². The molecular formula is C24H28ClN7O. The minimum absolute atomic E-state index is 0.0557. The molecule has 0 unspecified atom stereocenters. The highest BCUT2D eigenvalue weighted by Crippen LogP contribution is 2.28. The quantitative estimate of drug-likeness (QED) is 0.341. The van der Waals surface area contributed by atoms with Gasteiger partial charge < -0.3 is 0 Å². The number of hydrogen-bond acceptors (Lipinski definition) is 5. The number of rotatable bonds is 10. The summed E-state index contributed by atoms with van der Waals surface area (Å²) in [4.78, 5) is 17.8. The fourth-order valence-corrected chi connectivity index (χ4v) is 4.36. The number of imidazole rings is 1. The van der Waals surface area contributed by atoms with E-state index < -0.39 is 0 Å². The Morgan fingerprint density at radius 2 is 1.82 bits per heavy atom. The van der Waals surface area contributed by atoms with Gasteiger partial charge in [0.25, 0.3) is 0 Å². The van der Waals surface area contributed by atoms with Crippen LogP contribution in [0.1, 0.15) is 50.8 Å². The average molecular weight is 466 g/mol. The van der Waals surface area contributed by atoms with Crippen LogP contribution in [0.15, 0.2) is 47.4 Å². The van der Waals surface area contributed by atoms with Gasteiger partial charge in [-0.05, 0) is 36.1 Å². The third-order valence-corrected chi connectivity index (χ3v) is 6.10. The number of halogens is 1. The Kier molecular flexibility index (Phi) is 7.34. The van der Waals surface area contributed by atoms with Gasteiger partial charge in [-0.25, -0.2) is 4.79 Å². The first-order chi connectivity index (χ1) is 16.1. The van der Waals surface area contributed by atoms with Crippen LogP contribution in [-0.2, 0) is 19.5 Å². The summed E-state index contributed by atoms with van der Waals surface area (Å²) in [5, 5.41) is 14.9. The molecule has 0 atom stereocenters. The number of tetrazole rings is 1. The second-order valence-corrected chi connectivity index (χ2v) is 8.41. The predicted octanol–water partition coefficient (Wildman–Crippen LogP) is 4.74. The van der Waals surface area contributed by atoms with Crippen LogP contribution in [0.4, 0.5) is 0 Å². The summed E-state index contributed by atoms with van der Waals surface area (Å²) in [6.07, 6.45) is 6.70. The summed E-state index contributed by atoms with van der Waals surface area (Å²) in [7, 11) is 0. The predicted molar refractivity (Wildman–Crippen MR) is 129 cm³/mol. The summed E-state index contributed by atoms with van der Waals surface area (Å²) in [6.45, 7) is 5.28. The summed E-state index contributed by atoms with van der Waals surface area (Å²) in [5.41, 5.74) is 4.37. The third kappa shape index (κ3) is 4.90. The van der Waals surface area contributed by atoms with Gasteiger partial charge in [-0.15, -0.1) is 10.2 Å². The molecule has 1 N–H and O–H groups in total. The van der Waals surface area contributed by atoms with E-state index in [2.05, 4.69) is 32.5 Å². The van der Waals surface area contributed by atoms with Crippen molar-refractivity contribution < 1.29 is 0 Å². The fourth-order valence-electron chi connectivity index (χ4n) is 4.01. The van der Waals surface area contributed by atoms with Crippen LogP contribution in [0.5, 0.6) is 0 Å². The maximum atomic E-state index is 13.1. The van der Waals surface area contributed by atoms with Crippen LogP contribution in [0, 0.1) is 0 Å². The summed E-state index contributed by atoms with van der Waals surface area (Å²) in [5.74, 6) is 0.520. The van der Waals surface area contributed by atoms with Gasteiger partial charge in [0.05, 0.1) is 17.9 Å². The van der Waals surface area contributed by atoms with Crippen LogP contribution in [0.3, 0.4) is 0 Å². The summed E-state index contributed by atoms with van der Waals surface area (Å²) in [6, 6.07) is 11.8. The Bertz CT molecular complexity index is 1240. The molecule has 0 aliphatic rings. The molecular weight excluding hydrogens is 438 g/mol. The minimum atomic E-state index is -0.0557. The van der Waals surface area contributed by atoms with E-state index in [0.29, 0.717) is 24.1 Å². The second-order valence-electron chi connectivity index (χ2n) is 8.05. The molecule has 0 bridgehead atoms. The Hall–Kier alpha value is -3.26. The molecule has 0 spiro atoms. The molecule has 9 heteroatoms. The van der Waals surface area contributed by atoms with Gasteiger partial charge in [0.15, 0.2) is 0 Å². The average Bonchev–Trinajstić information content (AvgIpc) is 3.45. The third-order valence-electron chi connectivity index (χ3n) is 5.68. The maximum absolute atomic E-state index is 13.1. The number of hydrogen-bond donors (Lipinski definition) is 1. The number of nitrogens with zero attached hydrogens (tertiary/aromatic N) is 6. The van der Waals surface area contributed by atoms with Gasteiger partial charge in [-0.3, -0.25) is 14.1 Å². The normalized spacial score (nSPS) is 11.2. The number of nitrogens with one attached hydrogen (secondary N) is 1. The number of H-pyrrole nitrogens is 1. The van der Waals surface area contributed by atoms with Gasteiger partial charge in [-0.2, -0.15) is 5.21 Å². The van der Waals surface area contributed by atoms with Crippen LogP contribution in [-0.4, -0.2) is 34.7 Å². The van der Waals surface area contributed by atoms with Gasteiger partial charge in [0.1, 0.15) is 5.15 Å². The zero-order chi connectivity index (χ0) is 23.2. The Labute approximate surface area is 197 Å². The van der Waals surface area contributed by atoms with Crippen LogP contribution in [0.25, 0.3) is 22.6 Å². The first-order valence-electron chi connectivity index (χ1n) is 11.4. The molecule has 1 aromatic carbocycles. The summed E-state index contributed by atoms with van der Waals surface area (Å²) >= 11 is 6.64. The lowest BCUT2D eigenvalue weighted by molar-refractivity contribution is 0.615. The van der Waals surface area contributed by atoms with Gasteiger partial charge in [0.2, 0.25) is 5.82 Å². The standard InChI is InChI=1S/C24H28ClN7O/c1-3-5-6-11-21-22(25)31(14-4-2)24(33)32(21)16-17-12-13-20(26-15-17)18-9-7-8-10-19(18)23-27-29-30-28-23/h7-10,12-13,15H,3-6,11,14,16H2,1-2H3,(H,27,28,29,30). The van der Waals surface area contributed by atoms with Crippen LogP contribution >= 0.6 is 11.6 Å². The van der Waals surface area contributed by atoms with Crippen molar-refractivity contribution in [2.24, 2.45) is 0 Å². The second kappa shape index (κ2) is 10.6. The molecule has 0 saturated carbocycles. The van der Waals surface area contributed by atoms with Crippen molar-refractivity contribution in [3.63, 3.8) is 0 Å². The highest BCUT2D eigenvalue weighted by molar-refractivity contribution is 6.30. The first kappa shape index (κ1) is 22.9. The van der Waals surface area contributed by atoms with E-state index in [-0.39, 0.29) is 5.69 Å². The number of benzene rings is 1. The summed E-state index contributed by atoms with van der Waals surface area (Å²) < 4.78 is 3.49. The van der Waals surface area contributed by atoms with E-state index in [0.717, 1.165) is 60.2 Å². The number of aromatic nitrogens is 7. The van der Waals surface area contributed by atoms with E-state index in [9.17, 15) is 4.79 Å². The molecule has 0 amide bonds. The molecule has 172 valence electrons. The van der Waals surface area contributed by atoms with Crippen molar-refractivity contribution >= 4 is 11.6 Å². The number of unbranched alkanes of at least 4 members (excludes halogenated alkanes) is 2. The monoisotopic (exact) mass is 465 g/mol. The lowest BCUT2D eigenvalue weighted by Gasteiger charge is -2.09. The van der Waals surface area contributed by atoms with Gasteiger partial charge in [-0.1, -0.05) is 68.6 Å². The van der Waals surface area contributed by atoms with Crippen molar-refractivity contribution in [2.45, 2.75) is 59.0 Å². The molecule has 3 heterocycles. The lowest BCUT2D eigenvalue weighted by atomic mass is 10.0. The maximum Gasteiger partial charge on any atom is 0.329 e. The molecule has 0 saturated heterocycles. The Morgan fingerprint density at radius 1 is 1.00 bits per heavy atom. The van der Waals surface area contributed by atoms with E-state index in [1.54, 1.807) is 9.13 Å². The van der Waals surface area contributed by atoms with Crippen molar-refractivity contribution in [1.82, 2.24) is 34.7 Å².